The molecule has 0 radical (unpaired) electrons. The Hall–Kier alpha value is -1.64. The topological polar surface area (TPSA) is 12.9 Å². The molecule has 0 fully saturated rings. The van der Waals surface area contributed by atoms with Crippen LogP contribution < -0.4 is 0 Å². The average Bonchev–Trinajstić information content (AvgIpc) is 2.72. The fourth-order valence-electron chi connectivity index (χ4n) is 2.32. The molecule has 1 nitrogen and oxygen atoms in total. The van der Waals surface area contributed by atoms with E-state index in [0.717, 1.165) is 4.83 Å². The number of aromatic nitrogens is 1. The van der Waals surface area contributed by atoms with Crippen LogP contribution in [0.3, 0.4) is 0 Å². The Kier molecular flexibility index (Phi) is 2.10. The largest absolute Gasteiger partial charge is 0.225 e. The standard InChI is InChI=1S/C15H8ClNS/c16-14-6-5-11-12-7-9-3-1-2-4-10(9)8-13(12)18-15(11)17-14/h1-8H. The van der Waals surface area contributed by atoms with E-state index in [1.165, 1.54) is 26.2 Å². The Bertz CT molecular complexity index is 895. The van der Waals surface area contributed by atoms with Crippen molar-refractivity contribution in [3.8, 4) is 0 Å². The van der Waals surface area contributed by atoms with E-state index in [2.05, 4.69) is 47.4 Å². The van der Waals surface area contributed by atoms with Crippen LogP contribution in [0.2, 0.25) is 5.15 Å². The van der Waals surface area contributed by atoms with Crippen LogP contribution in [0.5, 0.6) is 0 Å². The lowest BCUT2D eigenvalue weighted by molar-refractivity contribution is 1.45. The first-order valence-corrected chi connectivity index (χ1v) is 6.88. The minimum absolute atomic E-state index is 0.554. The Labute approximate surface area is 113 Å². The Morgan fingerprint density at radius 1 is 0.889 bits per heavy atom. The first-order valence-electron chi connectivity index (χ1n) is 5.69. The van der Waals surface area contributed by atoms with E-state index in [-0.39, 0.29) is 0 Å². The van der Waals surface area contributed by atoms with Gasteiger partial charge in [0.15, 0.2) is 0 Å². The quantitative estimate of drug-likeness (QED) is 0.397. The molecule has 0 saturated carbocycles. The molecule has 0 atom stereocenters. The van der Waals surface area contributed by atoms with Crippen molar-refractivity contribution in [3.05, 3.63) is 53.7 Å². The summed E-state index contributed by atoms with van der Waals surface area (Å²) in [5.41, 5.74) is 0. The Balaban J connectivity index is 2.23. The third-order valence-corrected chi connectivity index (χ3v) is 4.44. The van der Waals surface area contributed by atoms with E-state index in [9.17, 15) is 0 Å². The van der Waals surface area contributed by atoms with Crippen molar-refractivity contribution in [2.75, 3.05) is 0 Å². The summed E-state index contributed by atoms with van der Waals surface area (Å²) >= 11 is 7.64. The van der Waals surface area contributed by atoms with Gasteiger partial charge in [0.05, 0.1) is 0 Å². The first-order chi connectivity index (χ1) is 8.81. The number of benzene rings is 2. The van der Waals surface area contributed by atoms with Crippen LogP contribution in [0.4, 0.5) is 0 Å². The van der Waals surface area contributed by atoms with E-state index in [1.54, 1.807) is 11.3 Å². The summed E-state index contributed by atoms with van der Waals surface area (Å²) < 4.78 is 1.26. The number of hydrogen-bond donors (Lipinski definition) is 0. The van der Waals surface area contributed by atoms with Crippen LogP contribution in [-0.4, -0.2) is 4.98 Å². The van der Waals surface area contributed by atoms with Gasteiger partial charge in [0, 0.05) is 15.5 Å². The van der Waals surface area contributed by atoms with Crippen LogP contribution in [0, 0.1) is 0 Å². The number of rotatable bonds is 0. The normalized spacial score (nSPS) is 11.6. The zero-order valence-corrected chi connectivity index (χ0v) is 10.9. The molecule has 3 heteroatoms. The Morgan fingerprint density at radius 2 is 1.67 bits per heavy atom. The van der Waals surface area contributed by atoms with Gasteiger partial charge in [-0.25, -0.2) is 4.98 Å². The second-order valence-electron chi connectivity index (χ2n) is 4.28. The number of hydrogen-bond acceptors (Lipinski definition) is 2. The third-order valence-electron chi connectivity index (χ3n) is 3.17. The predicted molar refractivity (Wildman–Crippen MR) is 79.6 cm³/mol. The highest BCUT2D eigenvalue weighted by Gasteiger charge is 2.07. The van der Waals surface area contributed by atoms with Crippen molar-refractivity contribution in [2.45, 2.75) is 0 Å². The highest BCUT2D eigenvalue weighted by Crippen LogP contribution is 2.35. The SMILES string of the molecule is Clc1ccc2c(n1)sc1cc3ccccc3cc12. The second-order valence-corrected chi connectivity index (χ2v) is 5.70. The summed E-state index contributed by atoms with van der Waals surface area (Å²) in [5.74, 6) is 0. The van der Waals surface area contributed by atoms with E-state index in [0.29, 0.717) is 5.15 Å². The van der Waals surface area contributed by atoms with Crippen LogP contribution in [0.25, 0.3) is 31.1 Å². The van der Waals surface area contributed by atoms with E-state index in [1.807, 2.05) is 6.07 Å². The number of thiophene rings is 1. The molecular weight excluding hydrogens is 262 g/mol. The first kappa shape index (κ1) is 10.3. The molecule has 2 aromatic carbocycles. The van der Waals surface area contributed by atoms with Gasteiger partial charge in [-0.1, -0.05) is 35.9 Å². The molecule has 0 aliphatic carbocycles. The maximum absolute atomic E-state index is 5.95. The van der Waals surface area contributed by atoms with Gasteiger partial charge in [-0.05, 0) is 35.0 Å². The number of fused-ring (bicyclic) bond motifs is 4. The van der Waals surface area contributed by atoms with Crippen molar-refractivity contribution in [2.24, 2.45) is 0 Å². The van der Waals surface area contributed by atoms with Gasteiger partial charge in [-0.3, -0.25) is 0 Å². The number of nitrogens with zero attached hydrogens (tertiary/aromatic N) is 1. The summed E-state index contributed by atoms with van der Waals surface area (Å²) in [5, 5.41) is 5.53. The smallest absolute Gasteiger partial charge is 0.130 e. The highest BCUT2D eigenvalue weighted by molar-refractivity contribution is 7.25. The molecule has 2 heterocycles. The minimum Gasteiger partial charge on any atom is -0.225 e. The van der Waals surface area contributed by atoms with E-state index < -0.39 is 0 Å². The molecule has 2 aromatic heterocycles. The maximum Gasteiger partial charge on any atom is 0.130 e. The molecule has 0 amide bonds. The lowest BCUT2D eigenvalue weighted by Gasteiger charge is -1.97. The lowest BCUT2D eigenvalue weighted by atomic mass is 10.1. The van der Waals surface area contributed by atoms with Crippen LogP contribution in [0.15, 0.2) is 48.5 Å². The van der Waals surface area contributed by atoms with Gasteiger partial charge >= 0.3 is 0 Å². The molecule has 0 aliphatic rings. The van der Waals surface area contributed by atoms with E-state index in [4.69, 9.17) is 11.6 Å². The number of halogens is 1. The molecule has 0 unspecified atom stereocenters. The average molecular weight is 270 g/mol. The molecule has 0 N–H and O–H groups in total. The predicted octanol–water partition coefficient (Wildman–Crippen LogP) is 5.26. The maximum atomic E-state index is 5.95. The minimum atomic E-state index is 0.554. The molecular formula is C15H8ClNS. The summed E-state index contributed by atoms with van der Waals surface area (Å²) in [6, 6.07) is 16.8. The zero-order valence-electron chi connectivity index (χ0n) is 9.35. The molecule has 86 valence electrons. The van der Waals surface area contributed by atoms with E-state index >= 15 is 0 Å². The van der Waals surface area contributed by atoms with Gasteiger partial charge in [0.25, 0.3) is 0 Å². The molecule has 0 bridgehead atoms. The summed E-state index contributed by atoms with van der Waals surface area (Å²) in [6.07, 6.45) is 0. The van der Waals surface area contributed by atoms with Gasteiger partial charge in [0.2, 0.25) is 0 Å². The van der Waals surface area contributed by atoms with Crippen LogP contribution in [0.1, 0.15) is 0 Å². The molecule has 0 spiro atoms. The fourth-order valence-corrected chi connectivity index (χ4v) is 3.62. The Morgan fingerprint density at radius 3 is 2.50 bits per heavy atom. The number of pyridine rings is 1. The van der Waals surface area contributed by atoms with Crippen molar-refractivity contribution in [3.63, 3.8) is 0 Å². The molecule has 4 aromatic rings. The van der Waals surface area contributed by atoms with Crippen LogP contribution >= 0.6 is 22.9 Å². The van der Waals surface area contributed by atoms with Gasteiger partial charge in [-0.15, -0.1) is 11.3 Å². The van der Waals surface area contributed by atoms with Crippen molar-refractivity contribution in [1.29, 1.82) is 0 Å². The molecule has 0 aliphatic heterocycles. The second kappa shape index (κ2) is 3.67. The molecule has 18 heavy (non-hydrogen) atoms. The van der Waals surface area contributed by atoms with Crippen molar-refractivity contribution < 1.29 is 0 Å². The summed E-state index contributed by atoms with van der Waals surface area (Å²) in [7, 11) is 0. The van der Waals surface area contributed by atoms with Gasteiger partial charge in [0.1, 0.15) is 9.98 Å². The summed E-state index contributed by atoms with van der Waals surface area (Å²) in [4.78, 5) is 5.39. The fraction of sp³-hybridized carbons (Fsp3) is 0. The van der Waals surface area contributed by atoms with Gasteiger partial charge in [-0.2, -0.15) is 0 Å². The van der Waals surface area contributed by atoms with Gasteiger partial charge < -0.3 is 0 Å². The summed E-state index contributed by atoms with van der Waals surface area (Å²) in [6.45, 7) is 0. The lowest BCUT2D eigenvalue weighted by Crippen LogP contribution is -1.74. The monoisotopic (exact) mass is 269 g/mol. The third kappa shape index (κ3) is 1.43. The zero-order chi connectivity index (χ0) is 12.1. The molecule has 0 saturated heterocycles. The van der Waals surface area contributed by atoms with Crippen molar-refractivity contribution in [1.82, 2.24) is 4.98 Å². The highest BCUT2D eigenvalue weighted by atomic mass is 35.5. The molecule has 4 rings (SSSR count). The van der Waals surface area contributed by atoms with Crippen molar-refractivity contribution >= 4 is 54.0 Å². The van der Waals surface area contributed by atoms with Crippen LogP contribution in [-0.2, 0) is 0 Å².